The molecule has 4 heterocycles. The lowest BCUT2D eigenvalue weighted by Crippen LogP contribution is -2.22. The largest absolute Gasteiger partial charge is 0.431 e. The summed E-state index contributed by atoms with van der Waals surface area (Å²) in [6.45, 7) is 3.43. The van der Waals surface area contributed by atoms with E-state index in [2.05, 4.69) is 37.3 Å². The van der Waals surface area contributed by atoms with Crippen LogP contribution in [0.1, 0.15) is 0 Å². The van der Waals surface area contributed by atoms with Crippen LogP contribution in [-0.2, 0) is 11.8 Å². The second-order valence-electron chi connectivity index (χ2n) is 7.94. The molecule has 190 valence electrons. The standard InChI is InChI=1S/C25H18F2N8O3/c1-3-21(36)31-16-5-4-6-18(9-16)35-22-14(10-29-25(33-22)32-17-12-30-34(2)13-17)7-20(24(35)37)38-23-19(27)8-15(26)11-28-23/h3-13H,1H2,2H3,(H,31,36)(H,29,32,33). The fourth-order valence-corrected chi connectivity index (χ4v) is 3.56. The van der Waals surface area contributed by atoms with E-state index in [1.165, 1.54) is 16.8 Å². The molecular weight excluding hydrogens is 498 g/mol. The third kappa shape index (κ3) is 4.93. The van der Waals surface area contributed by atoms with E-state index in [4.69, 9.17) is 4.74 Å². The summed E-state index contributed by atoms with van der Waals surface area (Å²) in [6, 6.07) is 8.32. The van der Waals surface area contributed by atoms with E-state index < -0.39 is 29.0 Å². The Morgan fingerprint density at radius 3 is 2.68 bits per heavy atom. The van der Waals surface area contributed by atoms with Crippen LogP contribution >= 0.6 is 0 Å². The molecule has 11 nitrogen and oxygen atoms in total. The summed E-state index contributed by atoms with van der Waals surface area (Å²) < 4.78 is 35.8. The van der Waals surface area contributed by atoms with Gasteiger partial charge in [-0.2, -0.15) is 10.1 Å². The number of aryl methyl sites for hydroxylation is 1. The molecule has 0 saturated carbocycles. The minimum Gasteiger partial charge on any atom is -0.431 e. The highest BCUT2D eigenvalue weighted by Crippen LogP contribution is 2.26. The first-order chi connectivity index (χ1) is 18.3. The van der Waals surface area contributed by atoms with Crippen molar-refractivity contribution in [3.8, 4) is 17.3 Å². The molecule has 0 aliphatic heterocycles. The van der Waals surface area contributed by atoms with Crippen molar-refractivity contribution in [2.24, 2.45) is 7.05 Å². The minimum atomic E-state index is -1.09. The van der Waals surface area contributed by atoms with Crippen molar-refractivity contribution >= 4 is 34.3 Å². The smallest absolute Gasteiger partial charge is 0.299 e. The lowest BCUT2D eigenvalue weighted by Gasteiger charge is -2.14. The highest BCUT2D eigenvalue weighted by Gasteiger charge is 2.18. The summed E-state index contributed by atoms with van der Waals surface area (Å²) in [5.41, 5.74) is 0.774. The molecule has 0 spiro atoms. The molecule has 0 unspecified atom stereocenters. The van der Waals surface area contributed by atoms with Gasteiger partial charge in [0.05, 0.1) is 23.8 Å². The molecule has 0 aliphatic rings. The molecule has 5 rings (SSSR count). The molecule has 1 aromatic carbocycles. The summed E-state index contributed by atoms with van der Waals surface area (Å²) >= 11 is 0. The second kappa shape index (κ2) is 9.89. The number of hydrogen-bond acceptors (Lipinski definition) is 8. The molecule has 0 radical (unpaired) electrons. The van der Waals surface area contributed by atoms with Gasteiger partial charge >= 0.3 is 0 Å². The van der Waals surface area contributed by atoms with Gasteiger partial charge in [-0.1, -0.05) is 12.6 Å². The first-order valence-corrected chi connectivity index (χ1v) is 11.0. The highest BCUT2D eigenvalue weighted by molar-refractivity contribution is 5.99. The Balaban J connectivity index is 1.67. The van der Waals surface area contributed by atoms with Crippen LogP contribution in [0.4, 0.5) is 26.1 Å². The van der Waals surface area contributed by atoms with Crippen molar-refractivity contribution in [2.75, 3.05) is 10.6 Å². The van der Waals surface area contributed by atoms with Gasteiger partial charge in [0, 0.05) is 36.6 Å². The van der Waals surface area contributed by atoms with E-state index in [0.717, 1.165) is 12.3 Å². The Bertz CT molecular complexity index is 1770. The molecule has 0 aliphatic carbocycles. The number of hydrogen-bond donors (Lipinski definition) is 2. The Hall–Kier alpha value is -5.46. The Labute approximate surface area is 213 Å². The summed E-state index contributed by atoms with van der Waals surface area (Å²) in [6.07, 6.45) is 6.61. The topological polar surface area (TPSA) is 129 Å². The number of benzene rings is 1. The second-order valence-corrected chi connectivity index (χ2v) is 7.94. The Morgan fingerprint density at radius 1 is 1.11 bits per heavy atom. The molecule has 2 N–H and O–H groups in total. The van der Waals surface area contributed by atoms with Gasteiger partial charge in [0.25, 0.3) is 11.4 Å². The van der Waals surface area contributed by atoms with Gasteiger partial charge in [-0.3, -0.25) is 18.8 Å². The van der Waals surface area contributed by atoms with Crippen LogP contribution in [0.25, 0.3) is 16.7 Å². The number of anilines is 3. The maximum Gasteiger partial charge on any atom is 0.299 e. The van der Waals surface area contributed by atoms with Crippen molar-refractivity contribution in [2.45, 2.75) is 0 Å². The summed E-state index contributed by atoms with van der Waals surface area (Å²) in [7, 11) is 1.75. The van der Waals surface area contributed by atoms with Crippen molar-refractivity contribution in [1.82, 2.24) is 29.3 Å². The van der Waals surface area contributed by atoms with Crippen LogP contribution < -0.4 is 20.9 Å². The maximum atomic E-state index is 14.3. The van der Waals surface area contributed by atoms with Crippen LogP contribution in [-0.4, -0.2) is 35.2 Å². The zero-order valence-corrected chi connectivity index (χ0v) is 19.7. The third-order valence-electron chi connectivity index (χ3n) is 5.21. The fourth-order valence-electron chi connectivity index (χ4n) is 3.56. The van der Waals surface area contributed by atoms with Gasteiger partial charge in [0.1, 0.15) is 5.82 Å². The SMILES string of the molecule is C=CC(=O)Nc1cccc(-n2c(=O)c(Oc3ncc(F)cc3F)cc3cnc(Nc4cnn(C)c4)nc32)c1. The van der Waals surface area contributed by atoms with Gasteiger partial charge in [-0.25, -0.2) is 18.7 Å². The molecular formula is C25H18F2N8O3. The zero-order valence-electron chi connectivity index (χ0n) is 19.7. The molecule has 38 heavy (non-hydrogen) atoms. The molecule has 5 aromatic rings. The number of carbonyl (C=O) groups is 1. The molecule has 1 amide bonds. The van der Waals surface area contributed by atoms with Crippen molar-refractivity contribution in [3.63, 3.8) is 0 Å². The van der Waals surface area contributed by atoms with Crippen molar-refractivity contribution in [1.29, 1.82) is 0 Å². The van der Waals surface area contributed by atoms with Crippen LogP contribution in [0.5, 0.6) is 11.6 Å². The number of rotatable bonds is 7. The first kappa shape index (κ1) is 24.2. The number of carbonyl (C=O) groups excluding carboxylic acids is 1. The molecule has 0 atom stereocenters. The predicted octanol–water partition coefficient (Wildman–Crippen LogP) is 3.85. The Kier molecular flexibility index (Phi) is 6.31. The van der Waals surface area contributed by atoms with E-state index in [0.29, 0.717) is 28.5 Å². The number of aromatic nitrogens is 6. The van der Waals surface area contributed by atoms with Gasteiger partial charge in [-0.15, -0.1) is 0 Å². The summed E-state index contributed by atoms with van der Waals surface area (Å²) in [5, 5.41) is 10.1. The van der Waals surface area contributed by atoms with E-state index >= 15 is 0 Å². The van der Waals surface area contributed by atoms with Crippen LogP contribution in [0.2, 0.25) is 0 Å². The number of amides is 1. The summed E-state index contributed by atoms with van der Waals surface area (Å²) in [4.78, 5) is 37.8. The van der Waals surface area contributed by atoms with Gasteiger partial charge in [0.15, 0.2) is 17.2 Å². The van der Waals surface area contributed by atoms with E-state index in [1.54, 1.807) is 48.4 Å². The Morgan fingerprint density at radius 2 is 1.95 bits per heavy atom. The average Bonchev–Trinajstić information content (AvgIpc) is 3.30. The van der Waals surface area contributed by atoms with Crippen molar-refractivity contribution in [3.05, 3.63) is 95.8 Å². The number of nitrogens with one attached hydrogen (secondary N) is 2. The number of ether oxygens (including phenoxy) is 1. The molecule has 0 bridgehead atoms. The monoisotopic (exact) mass is 516 g/mol. The quantitative estimate of drug-likeness (QED) is 0.312. The molecule has 0 fully saturated rings. The third-order valence-corrected chi connectivity index (χ3v) is 5.21. The fraction of sp³-hybridized carbons (Fsp3) is 0.0400. The van der Waals surface area contributed by atoms with Crippen LogP contribution in [0, 0.1) is 11.6 Å². The van der Waals surface area contributed by atoms with Crippen LogP contribution in [0.3, 0.4) is 0 Å². The van der Waals surface area contributed by atoms with Crippen molar-refractivity contribution < 1.29 is 18.3 Å². The van der Waals surface area contributed by atoms with Gasteiger partial charge in [0.2, 0.25) is 11.9 Å². The molecule has 13 heteroatoms. The molecule has 0 saturated heterocycles. The lowest BCUT2D eigenvalue weighted by molar-refractivity contribution is -0.111. The number of nitrogens with zero attached hydrogens (tertiary/aromatic N) is 6. The zero-order chi connectivity index (χ0) is 26.8. The first-order valence-electron chi connectivity index (χ1n) is 11.0. The number of halogens is 2. The number of pyridine rings is 2. The lowest BCUT2D eigenvalue weighted by atomic mass is 10.2. The van der Waals surface area contributed by atoms with E-state index in [-0.39, 0.29) is 17.3 Å². The number of fused-ring (bicyclic) bond motifs is 1. The summed E-state index contributed by atoms with van der Waals surface area (Å²) in [5.74, 6) is -3.15. The molecule has 4 aromatic heterocycles. The van der Waals surface area contributed by atoms with Crippen LogP contribution in [0.15, 0.2) is 78.6 Å². The minimum absolute atomic E-state index is 0.176. The highest BCUT2D eigenvalue weighted by atomic mass is 19.1. The maximum absolute atomic E-state index is 14.3. The average molecular weight is 516 g/mol. The van der Waals surface area contributed by atoms with Gasteiger partial charge in [-0.05, 0) is 30.3 Å². The van der Waals surface area contributed by atoms with Gasteiger partial charge < -0.3 is 15.4 Å². The van der Waals surface area contributed by atoms with E-state index in [1.807, 2.05) is 0 Å². The predicted molar refractivity (Wildman–Crippen MR) is 135 cm³/mol. The normalized spacial score (nSPS) is 10.8. The van der Waals surface area contributed by atoms with E-state index in [9.17, 15) is 18.4 Å².